The van der Waals surface area contributed by atoms with Gasteiger partial charge in [-0.1, -0.05) is 56.3 Å². The number of benzene rings is 2. The Morgan fingerprint density at radius 2 is 1.86 bits per heavy atom. The van der Waals surface area contributed by atoms with Gasteiger partial charge in [0.2, 0.25) is 11.9 Å². The lowest BCUT2D eigenvalue weighted by Gasteiger charge is -2.31. The topological polar surface area (TPSA) is 81.1 Å². The zero-order valence-electron chi connectivity index (χ0n) is 16.8. The van der Waals surface area contributed by atoms with Crippen molar-refractivity contribution in [3.63, 3.8) is 0 Å². The highest BCUT2D eigenvalue weighted by atomic mass is 16.5. The molecule has 0 saturated heterocycles. The van der Waals surface area contributed by atoms with Gasteiger partial charge in [0, 0.05) is 5.92 Å². The number of hydrogen-bond donors (Lipinski definition) is 2. The van der Waals surface area contributed by atoms with Gasteiger partial charge in [-0.2, -0.15) is 4.98 Å². The Bertz CT molecular complexity index is 982. The van der Waals surface area contributed by atoms with Crippen molar-refractivity contribution in [2.24, 2.45) is 5.92 Å². The molecule has 1 aliphatic rings. The van der Waals surface area contributed by atoms with Crippen molar-refractivity contribution < 1.29 is 9.53 Å². The molecule has 7 nitrogen and oxygen atoms in total. The summed E-state index contributed by atoms with van der Waals surface area (Å²) in [6.45, 7) is 3.68. The van der Waals surface area contributed by atoms with Crippen LogP contribution in [0.15, 0.2) is 54.6 Å². The molecule has 29 heavy (non-hydrogen) atoms. The molecule has 1 aromatic heterocycles. The van der Waals surface area contributed by atoms with E-state index >= 15 is 0 Å². The number of anilines is 2. The lowest BCUT2D eigenvalue weighted by molar-refractivity contribution is -0.118. The zero-order chi connectivity index (χ0) is 20.4. The molecule has 0 unspecified atom stereocenters. The molecule has 0 bridgehead atoms. The van der Waals surface area contributed by atoms with Gasteiger partial charge in [-0.15, -0.1) is 5.10 Å². The average molecular weight is 391 g/mol. The maximum atomic E-state index is 12.1. The quantitative estimate of drug-likeness (QED) is 0.686. The molecule has 0 fully saturated rings. The lowest BCUT2D eigenvalue weighted by atomic mass is 9.93. The Labute approximate surface area is 170 Å². The second kappa shape index (κ2) is 7.95. The molecule has 2 aromatic carbocycles. The SMILES string of the molecule is COc1ccc([C@H]2C[C@H](c3ccccc3)Nc3nc(NC(=O)C(C)C)nn32)cc1. The summed E-state index contributed by atoms with van der Waals surface area (Å²) in [6.07, 6.45) is 0.810. The van der Waals surface area contributed by atoms with Gasteiger partial charge < -0.3 is 10.1 Å². The van der Waals surface area contributed by atoms with Crippen molar-refractivity contribution >= 4 is 17.8 Å². The second-order valence-electron chi connectivity index (χ2n) is 7.48. The van der Waals surface area contributed by atoms with Crippen LogP contribution in [0.25, 0.3) is 0 Å². The molecule has 0 spiro atoms. The van der Waals surface area contributed by atoms with Crippen molar-refractivity contribution in [2.75, 3.05) is 17.7 Å². The predicted molar refractivity (Wildman–Crippen MR) is 112 cm³/mol. The number of amides is 1. The Morgan fingerprint density at radius 1 is 1.14 bits per heavy atom. The van der Waals surface area contributed by atoms with Crippen LogP contribution in [0.4, 0.5) is 11.9 Å². The summed E-state index contributed by atoms with van der Waals surface area (Å²) in [5.74, 6) is 1.53. The Kier molecular flexibility index (Phi) is 5.20. The van der Waals surface area contributed by atoms with Gasteiger partial charge in [-0.3, -0.25) is 10.1 Å². The fraction of sp³-hybridized carbons (Fsp3) is 0.318. The van der Waals surface area contributed by atoms with Gasteiger partial charge in [-0.25, -0.2) is 4.68 Å². The summed E-state index contributed by atoms with van der Waals surface area (Å²) < 4.78 is 7.15. The maximum absolute atomic E-state index is 12.1. The second-order valence-corrected chi connectivity index (χ2v) is 7.48. The van der Waals surface area contributed by atoms with E-state index in [9.17, 15) is 4.79 Å². The van der Waals surface area contributed by atoms with Gasteiger partial charge in [0.15, 0.2) is 0 Å². The number of hydrogen-bond acceptors (Lipinski definition) is 5. The largest absolute Gasteiger partial charge is 0.497 e. The van der Waals surface area contributed by atoms with E-state index in [4.69, 9.17) is 4.74 Å². The van der Waals surface area contributed by atoms with Crippen LogP contribution in [0.1, 0.15) is 43.5 Å². The molecule has 0 radical (unpaired) electrons. The number of nitrogens with zero attached hydrogens (tertiary/aromatic N) is 3. The van der Waals surface area contributed by atoms with Crippen LogP contribution < -0.4 is 15.4 Å². The molecule has 7 heteroatoms. The molecular weight excluding hydrogens is 366 g/mol. The molecule has 0 aliphatic carbocycles. The highest BCUT2D eigenvalue weighted by Crippen LogP contribution is 2.38. The maximum Gasteiger partial charge on any atom is 0.250 e. The summed E-state index contributed by atoms with van der Waals surface area (Å²) >= 11 is 0. The van der Waals surface area contributed by atoms with E-state index in [-0.39, 0.29) is 23.9 Å². The molecule has 2 atom stereocenters. The number of rotatable bonds is 5. The van der Waals surface area contributed by atoms with Gasteiger partial charge in [0.05, 0.1) is 19.2 Å². The summed E-state index contributed by atoms with van der Waals surface area (Å²) in [6, 6.07) is 18.4. The van der Waals surface area contributed by atoms with Crippen LogP contribution >= 0.6 is 0 Å². The third kappa shape index (κ3) is 3.94. The van der Waals surface area contributed by atoms with Gasteiger partial charge in [-0.05, 0) is 29.7 Å². The van der Waals surface area contributed by atoms with Crippen molar-refractivity contribution in [3.8, 4) is 5.75 Å². The first-order chi connectivity index (χ1) is 14.0. The zero-order valence-corrected chi connectivity index (χ0v) is 16.8. The molecule has 2 N–H and O–H groups in total. The molecule has 3 aromatic rings. The summed E-state index contributed by atoms with van der Waals surface area (Å²) in [7, 11) is 1.66. The normalized spacial score (nSPS) is 18.1. The Balaban J connectivity index is 1.70. The summed E-state index contributed by atoms with van der Waals surface area (Å²) in [5.41, 5.74) is 2.30. The highest BCUT2D eigenvalue weighted by Gasteiger charge is 2.31. The van der Waals surface area contributed by atoms with E-state index in [1.54, 1.807) is 7.11 Å². The van der Waals surface area contributed by atoms with E-state index < -0.39 is 0 Å². The van der Waals surface area contributed by atoms with Crippen LogP contribution in [0, 0.1) is 5.92 Å². The molecule has 0 saturated carbocycles. The van der Waals surface area contributed by atoms with E-state index in [1.165, 1.54) is 5.56 Å². The van der Waals surface area contributed by atoms with E-state index in [0.717, 1.165) is 17.7 Å². The molecule has 1 aliphatic heterocycles. The first kappa shape index (κ1) is 19.0. The first-order valence-corrected chi connectivity index (χ1v) is 9.78. The third-order valence-corrected chi connectivity index (χ3v) is 5.15. The summed E-state index contributed by atoms with van der Waals surface area (Å²) in [5, 5.41) is 10.9. The predicted octanol–water partition coefficient (Wildman–Crippen LogP) is 4.03. The summed E-state index contributed by atoms with van der Waals surface area (Å²) in [4.78, 5) is 16.6. The minimum Gasteiger partial charge on any atom is -0.497 e. The minimum atomic E-state index is -0.141. The minimum absolute atomic E-state index is 0.0143. The number of fused-ring (bicyclic) bond motifs is 1. The molecule has 4 rings (SSSR count). The fourth-order valence-corrected chi connectivity index (χ4v) is 3.49. The van der Waals surface area contributed by atoms with Gasteiger partial charge >= 0.3 is 0 Å². The van der Waals surface area contributed by atoms with Gasteiger partial charge in [0.25, 0.3) is 5.95 Å². The van der Waals surface area contributed by atoms with Crippen molar-refractivity contribution in [2.45, 2.75) is 32.4 Å². The van der Waals surface area contributed by atoms with Gasteiger partial charge in [0.1, 0.15) is 5.75 Å². The number of aromatic nitrogens is 3. The van der Waals surface area contributed by atoms with E-state index in [0.29, 0.717) is 11.9 Å². The molecular formula is C22H25N5O2. The average Bonchev–Trinajstić information content (AvgIpc) is 3.16. The number of carbonyl (C=O) groups is 1. The first-order valence-electron chi connectivity index (χ1n) is 9.78. The van der Waals surface area contributed by atoms with Crippen molar-refractivity contribution in [1.29, 1.82) is 0 Å². The van der Waals surface area contributed by atoms with Crippen molar-refractivity contribution in [3.05, 3.63) is 65.7 Å². The Hall–Kier alpha value is -3.35. The van der Waals surface area contributed by atoms with Crippen LogP contribution in [0.2, 0.25) is 0 Å². The monoisotopic (exact) mass is 391 g/mol. The van der Waals surface area contributed by atoms with Crippen LogP contribution in [-0.2, 0) is 4.79 Å². The van der Waals surface area contributed by atoms with Crippen molar-refractivity contribution in [1.82, 2.24) is 14.8 Å². The standard InChI is InChI=1S/C22H25N5O2/c1-14(2)20(28)24-21-25-22-23-18(15-7-5-4-6-8-15)13-19(27(22)26-21)16-9-11-17(29-3)12-10-16/h4-12,14,18-19H,13H2,1-3H3,(H2,23,24,25,26,28)/t18-,19-/m1/s1. The fourth-order valence-electron chi connectivity index (χ4n) is 3.49. The van der Waals surface area contributed by atoms with Crippen LogP contribution in [0.3, 0.4) is 0 Å². The van der Waals surface area contributed by atoms with Crippen LogP contribution in [0.5, 0.6) is 5.75 Å². The van der Waals surface area contributed by atoms with E-state index in [1.807, 2.05) is 48.9 Å². The highest BCUT2D eigenvalue weighted by molar-refractivity contribution is 5.90. The van der Waals surface area contributed by atoms with Crippen LogP contribution in [-0.4, -0.2) is 27.8 Å². The number of nitrogens with one attached hydrogen (secondary N) is 2. The number of carbonyl (C=O) groups excluding carboxylic acids is 1. The lowest BCUT2D eigenvalue weighted by Crippen LogP contribution is -2.28. The number of methoxy groups -OCH3 is 1. The third-order valence-electron chi connectivity index (χ3n) is 5.15. The molecule has 2 heterocycles. The Morgan fingerprint density at radius 3 is 2.52 bits per heavy atom. The van der Waals surface area contributed by atoms with E-state index in [2.05, 4.69) is 45.0 Å². The molecule has 1 amide bonds. The number of ether oxygens (including phenoxy) is 1. The smallest absolute Gasteiger partial charge is 0.250 e. The molecule has 150 valence electrons.